The van der Waals surface area contributed by atoms with E-state index in [-0.39, 0.29) is 6.03 Å². The minimum atomic E-state index is -0.432. The molecule has 0 fully saturated rings. The van der Waals surface area contributed by atoms with Crippen LogP contribution in [-0.4, -0.2) is 6.03 Å². The van der Waals surface area contributed by atoms with Gasteiger partial charge in [-0.1, -0.05) is 60.7 Å². The Hall–Kier alpha value is -2.29. The first-order chi connectivity index (χ1) is 10.3. The fourth-order valence-electron chi connectivity index (χ4n) is 2.45. The Kier molecular flexibility index (Phi) is 4.55. The molecule has 2 aromatic carbocycles. The van der Waals surface area contributed by atoms with Crippen LogP contribution >= 0.6 is 0 Å². The van der Waals surface area contributed by atoms with Gasteiger partial charge in [0.05, 0.1) is 11.1 Å². The van der Waals surface area contributed by atoms with Crippen LogP contribution in [0.1, 0.15) is 38.8 Å². The highest BCUT2D eigenvalue weighted by atomic mass is 16.2. The molecular formula is C19H24N2O. The van der Waals surface area contributed by atoms with Gasteiger partial charge in [-0.05, 0) is 38.8 Å². The van der Waals surface area contributed by atoms with Gasteiger partial charge in [0.1, 0.15) is 0 Å². The second-order valence-electron chi connectivity index (χ2n) is 6.56. The van der Waals surface area contributed by atoms with Crippen molar-refractivity contribution in [2.75, 3.05) is 0 Å². The summed E-state index contributed by atoms with van der Waals surface area (Å²) in [5, 5.41) is 6.10. The lowest BCUT2D eigenvalue weighted by molar-refractivity contribution is 0.219. The molecule has 0 aliphatic rings. The number of urea groups is 1. The molecule has 0 aromatic heterocycles. The standard InChI is InChI=1S/C19H24N2O/c1-18(2,15-11-7-5-8-12-15)20-17(22)21-19(3,4)16-13-9-6-10-14-16/h5-14H,1-4H3,(H2,20,21,22). The minimum absolute atomic E-state index is 0.178. The van der Waals surface area contributed by atoms with E-state index in [1.54, 1.807) is 0 Å². The molecule has 0 heterocycles. The number of carbonyl (C=O) groups excluding carboxylic acids is 1. The van der Waals surface area contributed by atoms with Gasteiger partial charge in [0.15, 0.2) is 0 Å². The van der Waals surface area contributed by atoms with Gasteiger partial charge in [0.25, 0.3) is 0 Å². The lowest BCUT2D eigenvalue weighted by Gasteiger charge is -2.32. The smallest absolute Gasteiger partial charge is 0.316 e. The zero-order valence-corrected chi connectivity index (χ0v) is 13.7. The van der Waals surface area contributed by atoms with Gasteiger partial charge in [-0.3, -0.25) is 0 Å². The van der Waals surface area contributed by atoms with Gasteiger partial charge >= 0.3 is 6.03 Å². The van der Waals surface area contributed by atoms with E-state index in [1.165, 1.54) is 0 Å². The average Bonchev–Trinajstić information content (AvgIpc) is 2.48. The molecule has 116 valence electrons. The molecule has 0 saturated heterocycles. The monoisotopic (exact) mass is 296 g/mol. The van der Waals surface area contributed by atoms with Crippen LogP contribution in [0.4, 0.5) is 4.79 Å². The van der Waals surface area contributed by atoms with E-state index in [0.29, 0.717) is 0 Å². The molecule has 2 N–H and O–H groups in total. The summed E-state index contributed by atoms with van der Waals surface area (Å²) >= 11 is 0. The van der Waals surface area contributed by atoms with Crippen LogP contribution in [0.15, 0.2) is 60.7 Å². The third kappa shape index (κ3) is 3.88. The summed E-state index contributed by atoms with van der Waals surface area (Å²) in [5.41, 5.74) is 1.28. The second kappa shape index (κ2) is 6.22. The van der Waals surface area contributed by atoms with Crippen molar-refractivity contribution >= 4 is 6.03 Å². The maximum atomic E-state index is 12.4. The van der Waals surface area contributed by atoms with Crippen LogP contribution in [0.25, 0.3) is 0 Å². The predicted molar refractivity (Wildman–Crippen MR) is 90.6 cm³/mol. The highest BCUT2D eigenvalue weighted by Gasteiger charge is 2.27. The molecule has 22 heavy (non-hydrogen) atoms. The predicted octanol–water partition coefficient (Wildman–Crippen LogP) is 4.16. The summed E-state index contributed by atoms with van der Waals surface area (Å²) in [5.74, 6) is 0. The number of amides is 2. The summed E-state index contributed by atoms with van der Waals surface area (Å²) in [4.78, 5) is 12.4. The van der Waals surface area contributed by atoms with Gasteiger partial charge in [0, 0.05) is 0 Å². The zero-order valence-electron chi connectivity index (χ0n) is 13.7. The van der Waals surface area contributed by atoms with E-state index in [2.05, 4.69) is 10.6 Å². The van der Waals surface area contributed by atoms with E-state index >= 15 is 0 Å². The highest BCUT2D eigenvalue weighted by molar-refractivity contribution is 5.76. The first-order valence-electron chi connectivity index (χ1n) is 7.53. The lowest BCUT2D eigenvalue weighted by Crippen LogP contribution is -2.51. The third-order valence-electron chi connectivity index (χ3n) is 3.84. The molecule has 2 amide bonds. The van der Waals surface area contributed by atoms with E-state index in [9.17, 15) is 4.79 Å². The van der Waals surface area contributed by atoms with E-state index in [1.807, 2.05) is 88.4 Å². The van der Waals surface area contributed by atoms with Crippen LogP contribution in [0.2, 0.25) is 0 Å². The molecule has 0 aliphatic heterocycles. The first-order valence-corrected chi connectivity index (χ1v) is 7.53. The van der Waals surface area contributed by atoms with Crippen molar-refractivity contribution in [1.82, 2.24) is 10.6 Å². The van der Waals surface area contributed by atoms with Gasteiger partial charge in [-0.15, -0.1) is 0 Å². The Morgan fingerprint density at radius 1 is 0.682 bits per heavy atom. The quantitative estimate of drug-likeness (QED) is 0.874. The van der Waals surface area contributed by atoms with Gasteiger partial charge in [0.2, 0.25) is 0 Å². The molecule has 0 spiro atoms. The molecule has 0 saturated carbocycles. The highest BCUT2D eigenvalue weighted by Crippen LogP contribution is 2.22. The van der Waals surface area contributed by atoms with Crippen molar-refractivity contribution in [2.45, 2.75) is 38.8 Å². The van der Waals surface area contributed by atoms with Crippen molar-refractivity contribution in [2.24, 2.45) is 0 Å². The van der Waals surface area contributed by atoms with Crippen LogP contribution in [0, 0.1) is 0 Å². The minimum Gasteiger partial charge on any atom is -0.329 e. The molecule has 3 heteroatoms. The summed E-state index contributed by atoms with van der Waals surface area (Å²) in [7, 11) is 0. The molecule has 0 aliphatic carbocycles. The van der Waals surface area contributed by atoms with Crippen molar-refractivity contribution in [3.05, 3.63) is 71.8 Å². The van der Waals surface area contributed by atoms with Crippen LogP contribution in [0.3, 0.4) is 0 Å². The Labute approximate surface area is 132 Å². The Balaban J connectivity index is 2.07. The van der Waals surface area contributed by atoms with E-state index < -0.39 is 11.1 Å². The molecule has 3 nitrogen and oxygen atoms in total. The molecule has 2 aromatic rings. The normalized spacial score (nSPS) is 11.8. The first kappa shape index (κ1) is 16.1. The van der Waals surface area contributed by atoms with E-state index in [4.69, 9.17) is 0 Å². The largest absolute Gasteiger partial charge is 0.329 e. The van der Waals surface area contributed by atoms with Crippen molar-refractivity contribution in [1.29, 1.82) is 0 Å². The van der Waals surface area contributed by atoms with Crippen molar-refractivity contribution < 1.29 is 4.79 Å². The molecule has 0 bridgehead atoms. The fourth-order valence-corrected chi connectivity index (χ4v) is 2.45. The van der Waals surface area contributed by atoms with Gasteiger partial charge in [-0.25, -0.2) is 4.79 Å². The summed E-state index contributed by atoms with van der Waals surface area (Å²) in [6.45, 7) is 7.99. The van der Waals surface area contributed by atoms with Crippen molar-refractivity contribution in [3.8, 4) is 0 Å². The Bertz CT molecular complexity index is 563. The Morgan fingerprint density at radius 2 is 1.00 bits per heavy atom. The summed E-state index contributed by atoms with van der Waals surface area (Å²) < 4.78 is 0. The second-order valence-corrected chi connectivity index (χ2v) is 6.56. The van der Waals surface area contributed by atoms with Crippen LogP contribution < -0.4 is 10.6 Å². The number of rotatable bonds is 4. The lowest BCUT2D eigenvalue weighted by atomic mass is 9.93. The van der Waals surface area contributed by atoms with Crippen LogP contribution in [-0.2, 0) is 11.1 Å². The molecule has 0 unspecified atom stereocenters. The van der Waals surface area contributed by atoms with Crippen molar-refractivity contribution in [3.63, 3.8) is 0 Å². The topological polar surface area (TPSA) is 41.1 Å². The number of hydrogen-bond acceptors (Lipinski definition) is 1. The number of benzene rings is 2. The van der Waals surface area contributed by atoms with Gasteiger partial charge < -0.3 is 10.6 Å². The molecular weight excluding hydrogens is 272 g/mol. The van der Waals surface area contributed by atoms with Crippen LogP contribution in [0.5, 0.6) is 0 Å². The fraction of sp³-hybridized carbons (Fsp3) is 0.316. The zero-order chi connectivity index (χ0) is 16.2. The number of nitrogens with one attached hydrogen (secondary N) is 2. The average molecular weight is 296 g/mol. The van der Waals surface area contributed by atoms with E-state index in [0.717, 1.165) is 11.1 Å². The maximum Gasteiger partial charge on any atom is 0.316 e. The maximum absolute atomic E-state index is 12.4. The number of carbonyl (C=O) groups is 1. The SMILES string of the molecule is CC(C)(NC(=O)NC(C)(C)c1ccccc1)c1ccccc1. The summed E-state index contributed by atoms with van der Waals surface area (Å²) in [6.07, 6.45) is 0. The molecule has 2 rings (SSSR count). The Morgan fingerprint density at radius 3 is 1.32 bits per heavy atom. The number of hydrogen-bond donors (Lipinski definition) is 2. The molecule has 0 radical (unpaired) electrons. The summed E-state index contributed by atoms with van der Waals surface area (Å²) in [6, 6.07) is 19.7. The molecule has 0 atom stereocenters. The van der Waals surface area contributed by atoms with Gasteiger partial charge in [-0.2, -0.15) is 0 Å². The third-order valence-corrected chi connectivity index (χ3v) is 3.84.